The summed E-state index contributed by atoms with van der Waals surface area (Å²) in [5, 5.41) is 8.21. The fraction of sp³-hybridized carbons (Fsp3) is 0.214. The molecule has 0 saturated carbocycles. The lowest BCUT2D eigenvalue weighted by atomic mass is 9.87. The Morgan fingerprint density at radius 1 is 1.00 bits per heavy atom. The second-order valence-corrected chi connectivity index (χ2v) is 9.78. The molecule has 0 bridgehead atoms. The molecule has 0 aliphatic rings. The van der Waals surface area contributed by atoms with Gasteiger partial charge < -0.3 is 10.3 Å². The van der Waals surface area contributed by atoms with Gasteiger partial charge in [-0.1, -0.05) is 57.2 Å². The van der Waals surface area contributed by atoms with Crippen LogP contribution in [0.3, 0.4) is 0 Å². The number of H-pyrrole nitrogens is 1. The van der Waals surface area contributed by atoms with E-state index in [2.05, 4.69) is 52.2 Å². The van der Waals surface area contributed by atoms with E-state index in [-0.39, 0.29) is 11.3 Å². The maximum absolute atomic E-state index is 12.6. The Kier molecular flexibility index (Phi) is 5.68. The first-order valence-corrected chi connectivity index (χ1v) is 11.6. The number of hydrogen-bond donors (Lipinski definition) is 2. The van der Waals surface area contributed by atoms with Gasteiger partial charge in [0.05, 0.1) is 17.6 Å². The molecule has 3 heterocycles. The molecule has 0 spiro atoms. The molecule has 0 atom stereocenters. The minimum atomic E-state index is -0.0812. The number of fused-ring (bicyclic) bond motifs is 1. The topological polar surface area (TPSA) is 88.5 Å². The van der Waals surface area contributed by atoms with Crippen molar-refractivity contribution in [3.63, 3.8) is 0 Å². The molecule has 2 aromatic carbocycles. The predicted molar refractivity (Wildman–Crippen MR) is 138 cm³/mol. The summed E-state index contributed by atoms with van der Waals surface area (Å²) in [4.78, 5) is 24.9. The lowest BCUT2D eigenvalue weighted by Crippen LogP contribution is -2.23. The molecule has 0 aliphatic carbocycles. The van der Waals surface area contributed by atoms with Crippen molar-refractivity contribution in [2.75, 3.05) is 0 Å². The normalized spacial score (nSPS) is 11.7. The van der Waals surface area contributed by atoms with E-state index in [1.165, 1.54) is 5.56 Å². The van der Waals surface area contributed by atoms with Crippen LogP contribution in [0.1, 0.15) is 42.3 Å². The summed E-state index contributed by atoms with van der Waals surface area (Å²) in [5.74, 6) is -0.0812. The number of nitrogens with one attached hydrogen (secondary N) is 2. The maximum Gasteiger partial charge on any atom is 0.251 e. The van der Waals surface area contributed by atoms with E-state index >= 15 is 0 Å². The van der Waals surface area contributed by atoms with Crippen molar-refractivity contribution >= 4 is 16.9 Å². The van der Waals surface area contributed by atoms with Gasteiger partial charge in [0.15, 0.2) is 0 Å². The largest absolute Gasteiger partial charge is 0.348 e. The summed E-state index contributed by atoms with van der Waals surface area (Å²) in [6, 6.07) is 17.9. The van der Waals surface area contributed by atoms with Crippen LogP contribution < -0.4 is 5.32 Å². The quantitative estimate of drug-likeness (QED) is 0.372. The monoisotopic (exact) mass is 464 g/mol. The number of hydrogen-bond acceptors (Lipinski definition) is 4. The van der Waals surface area contributed by atoms with Crippen molar-refractivity contribution in [1.29, 1.82) is 0 Å². The number of aromatic nitrogens is 5. The standard InChI is InChI=1S/C28H28N6O/c1-28(2,3)22-11-9-20(10-12-22)27(35)29-14-18-5-7-19(8-6-18)25-23-13-24(21-15-32-34(4)16-21)33-26(23)31-17-30-25/h5-13,15-17H,14H2,1-4H3,(H,29,35)(H,30,31,33). The van der Waals surface area contributed by atoms with E-state index in [1.54, 1.807) is 11.0 Å². The van der Waals surface area contributed by atoms with Crippen molar-refractivity contribution in [3.05, 3.63) is 90.0 Å². The van der Waals surface area contributed by atoms with Gasteiger partial charge >= 0.3 is 0 Å². The number of benzene rings is 2. The lowest BCUT2D eigenvalue weighted by molar-refractivity contribution is 0.0951. The molecule has 0 unspecified atom stereocenters. The molecule has 5 rings (SSSR count). The molecule has 0 radical (unpaired) electrons. The number of rotatable bonds is 5. The van der Waals surface area contributed by atoms with Crippen molar-refractivity contribution in [3.8, 4) is 22.5 Å². The van der Waals surface area contributed by atoms with Gasteiger partial charge in [-0.2, -0.15) is 5.10 Å². The molecule has 5 aromatic rings. The highest BCUT2D eigenvalue weighted by atomic mass is 16.1. The van der Waals surface area contributed by atoms with Crippen LogP contribution in [0.15, 0.2) is 73.3 Å². The highest BCUT2D eigenvalue weighted by Crippen LogP contribution is 2.29. The highest BCUT2D eigenvalue weighted by molar-refractivity contribution is 5.95. The summed E-state index contributed by atoms with van der Waals surface area (Å²) in [6.07, 6.45) is 5.35. The van der Waals surface area contributed by atoms with Crippen LogP contribution in [-0.4, -0.2) is 30.6 Å². The second kappa shape index (κ2) is 8.83. The van der Waals surface area contributed by atoms with E-state index < -0.39 is 0 Å². The highest BCUT2D eigenvalue weighted by Gasteiger charge is 2.15. The predicted octanol–water partition coefficient (Wildman–Crippen LogP) is 5.25. The molecule has 2 N–H and O–H groups in total. The summed E-state index contributed by atoms with van der Waals surface area (Å²) in [7, 11) is 1.89. The zero-order valence-electron chi connectivity index (χ0n) is 20.3. The van der Waals surface area contributed by atoms with Crippen LogP contribution in [0.5, 0.6) is 0 Å². The van der Waals surface area contributed by atoms with Crippen LogP contribution in [0, 0.1) is 0 Å². The fourth-order valence-corrected chi connectivity index (χ4v) is 4.07. The lowest BCUT2D eigenvalue weighted by Gasteiger charge is -2.19. The Balaban J connectivity index is 1.30. The van der Waals surface area contributed by atoms with E-state index in [0.717, 1.165) is 39.1 Å². The number of aromatic amines is 1. The van der Waals surface area contributed by atoms with E-state index in [4.69, 9.17) is 0 Å². The molecular formula is C28H28N6O. The average Bonchev–Trinajstić information content (AvgIpc) is 3.48. The van der Waals surface area contributed by atoms with Gasteiger partial charge in [-0.15, -0.1) is 0 Å². The van der Waals surface area contributed by atoms with Crippen LogP contribution in [0.4, 0.5) is 0 Å². The Morgan fingerprint density at radius 2 is 1.74 bits per heavy atom. The molecule has 1 amide bonds. The van der Waals surface area contributed by atoms with Gasteiger partial charge in [0.1, 0.15) is 12.0 Å². The Morgan fingerprint density at radius 3 is 2.40 bits per heavy atom. The molecule has 0 fully saturated rings. The van der Waals surface area contributed by atoms with Crippen LogP contribution >= 0.6 is 0 Å². The SMILES string of the molecule is Cn1cc(-c2cc3c(-c4ccc(CNC(=O)c5ccc(C(C)(C)C)cc5)cc4)ncnc3[nH]2)cn1. The van der Waals surface area contributed by atoms with Crippen LogP contribution in [-0.2, 0) is 19.0 Å². The van der Waals surface area contributed by atoms with Crippen LogP contribution in [0.2, 0.25) is 0 Å². The number of aryl methyl sites for hydroxylation is 1. The molecule has 3 aromatic heterocycles. The minimum absolute atomic E-state index is 0.0622. The molecule has 176 valence electrons. The van der Waals surface area contributed by atoms with Gasteiger partial charge in [0.25, 0.3) is 5.91 Å². The van der Waals surface area contributed by atoms with Gasteiger partial charge in [-0.25, -0.2) is 9.97 Å². The van der Waals surface area contributed by atoms with Gasteiger partial charge in [0, 0.05) is 41.9 Å². The summed E-state index contributed by atoms with van der Waals surface area (Å²) in [6.45, 7) is 6.94. The van der Waals surface area contributed by atoms with E-state index in [0.29, 0.717) is 12.1 Å². The third-order valence-electron chi connectivity index (χ3n) is 6.14. The van der Waals surface area contributed by atoms with Crippen molar-refractivity contribution < 1.29 is 4.79 Å². The van der Waals surface area contributed by atoms with Gasteiger partial charge in [0.2, 0.25) is 0 Å². The molecule has 7 heteroatoms. The molecule has 35 heavy (non-hydrogen) atoms. The van der Waals surface area contributed by atoms with E-state index in [9.17, 15) is 4.79 Å². The average molecular weight is 465 g/mol. The number of carbonyl (C=O) groups is 1. The zero-order valence-corrected chi connectivity index (χ0v) is 20.3. The molecular weight excluding hydrogens is 436 g/mol. The first-order chi connectivity index (χ1) is 16.8. The third kappa shape index (κ3) is 4.71. The smallest absolute Gasteiger partial charge is 0.251 e. The first-order valence-electron chi connectivity index (χ1n) is 11.6. The summed E-state index contributed by atoms with van der Waals surface area (Å²) >= 11 is 0. The zero-order chi connectivity index (χ0) is 24.6. The van der Waals surface area contributed by atoms with Gasteiger partial charge in [-0.05, 0) is 34.7 Å². The van der Waals surface area contributed by atoms with E-state index in [1.807, 2.05) is 68.0 Å². The molecule has 7 nitrogen and oxygen atoms in total. The second-order valence-electron chi connectivity index (χ2n) is 9.78. The number of amides is 1. The Labute approximate surface area is 204 Å². The Bertz CT molecular complexity index is 1490. The van der Waals surface area contributed by atoms with Crippen molar-refractivity contribution in [1.82, 2.24) is 30.0 Å². The summed E-state index contributed by atoms with van der Waals surface area (Å²) < 4.78 is 1.77. The van der Waals surface area contributed by atoms with Gasteiger partial charge in [-0.3, -0.25) is 9.48 Å². The summed E-state index contributed by atoms with van der Waals surface area (Å²) in [5.41, 5.74) is 7.52. The van der Waals surface area contributed by atoms with Crippen molar-refractivity contribution in [2.45, 2.75) is 32.7 Å². The minimum Gasteiger partial charge on any atom is -0.348 e. The maximum atomic E-state index is 12.6. The first kappa shape index (κ1) is 22.5. The van der Waals surface area contributed by atoms with Crippen LogP contribution in [0.25, 0.3) is 33.5 Å². The Hall–Kier alpha value is -4.26. The number of carbonyl (C=O) groups excluding carboxylic acids is 1. The number of nitrogens with zero attached hydrogens (tertiary/aromatic N) is 4. The van der Waals surface area contributed by atoms with Crippen molar-refractivity contribution in [2.24, 2.45) is 7.05 Å². The third-order valence-corrected chi connectivity index (χ3v) is 6.14. The molecule has 0 saturated heterocycles. The fourth-order valence-electron chi connectivity index (χ4n) is 4.07. The molecule has 0 aliphatic heterocycles.